The maximum absolute atomic E-state index is 2.49. The average molecular weight is 153 g/mol. The summed E-state index contributed by atoms with van der Waals surface area (Å²) < 4.78 is 0. The first kappa shape index (κ1) is 9.09. The first-order chi connectivity index (χ1) is 5.17. The fraction of sp³-hybridized carbons (Fsp3) is 0.909. The van der Waals surface area contributed by atoms with E-state index in [9.17, 15) is 0 Å². The van der Waals surface area contributed by atoms with Crippen LogP contribution in [-0.4, -0.2) is 0 Å². The van der Waals surface area contributed by atoms with Gasteiger partial charge in [-0.3, -0.25) is 0 Å². The third-order valence-corrected chi connectivity index (χ3v) is 2.85. The maximum Gasteiger partial charge on any atom is -0.0289 e. The van der Waals surface area contributed by atoms with Gasteiger partial charge in [-0.15, -0.1) is 0 Å². The molecule has 1 radical (unpaired) electrons. The Labute approximate surface area is 71.4 Å². The van der Waals surface area contributed by atoms with Gasteiger partial charge in [0.25, 0.3) is 0 Å². The highest BCUT2D eigenvalue weighted by atomic mass is 14.5. The molecule has 1 fully saturated rings. The molecule has 0 aromatic heterocycles. The smallest absolute Gasteiger partial charge is 0.0289 e. The molecule has 0 aliphatic heterocycles. The molecule has 0 heteroatoms. The van der Waals surface area contributed by atoms with Gasteiger partial charge < -0.3 is 0 Å². The zero-order valence-corrected chi connectivity index (χ0v) is 8.19. The van der Waals surface area contributed by atoms with E-state index in [4.69, 9.17) is 0 Å². The van der Waals surface area contributed by atoms with Crippen molar-refractivity contribution in [3.8, 4) is 0 Å². The Hall–Kier alpha value is 0. The van der Waals surface area contributed by atoms with Crippen LogP contribution in [0.2, 0.25) is 0 Å². The van der Waals surface area contributed by atoms with Gasteiger partial charge in [-0.25, -0.2) is 0 Å². The average Bonchev–Trinajstić information content (AvgIpc) is 2.52. The third-order valence-electron chi connectivity index (χ3n) is 2.85. The normalized spacial score (nSPS) is 27.0. The molecule has 0 amide bonds. The molecule has 1 atom stereocenters. The van der Waals surface area contributed by atoms with Crippen molar-refractivity contribution in [1.82, 2.24) is 0 Å². The SMILES string of the molecule is CCCCCCC1[CH]C1(C)C. The quantitative estimate of drug-likeness (QED) is 0.527. The second-order valence-electron chi connectivity index (χ2n) is 4.44. The Morgan fingerprint density at radius 3 is 2.27 bits per heavy atom. The molecule has 0 bridgehead atoms. The Balaban J connectivity index is 1.90. The summed E-state index contributed by atoms with van der Waals surface area (Å²) in [4.78, 5) is 0. The van der Waals surface area contributed by atoms with Crippen LogP contribution in [0.4, 0.5) is 0 Å². The molecule has 11 heavy (non-hydrogen) atoms. The fourth-order valence-corrected chi connectivity index (χ4v) is 1.72. The summed E-state index contributed by atoms with van der Waals surface area (Å²) in [6, 6.07) is 0. The van der Waals surface area contributed by atoms with E-state index in [0.29, 0.717) is 5.41 Å². The minimum absolute atomic E-state index is 0.589. The van der Waals surface area contributed by atoms with Gasteiger partial charge in [-0.1, -0.05) is 46.5 Å². The minimum atomic E-state index is 0.589. The summed E-state index contributed by atoms with van der Waals surface area (Å²) in [6.07, 6.45) is 9.59. The number of rotatable bonds is 5. The van der Waals surface area contributed by atoms with Gasteiger partial charge in [0.05, 0.1) is 0 Å². The van der Waals surface area contributed by atoms with E-state index < -0.39 is 0 Å². The Kier molecular flexibility index (Phi) is 2.98. The molecule has 1 rings (SSSR count). The van der Waals surface area contributed by atoms with E-state index in [0.717, 1.165) is 5.92 Å². The summed E-state index contributed by atoms with van der Waals surface area (Å²) in [5.74, 6) is 0.944. The molecule has 0 aromatic carbocycles. The van der Waals surface area contributed by atoms with Gasteiger partial charge in [-0.2, -0.15) is 0 Å². The lowest BCUT2D eigenvalue weighted by atomic mass is 10.0. The minimum Gasteiger partial charge on any atom is -0.0654 e. The van der Waals surface area contributed by atoms with Crippen molar-refractivity contribution in [2.45, 2.75) is 52.9 Å². The summed E-state index contributed by atoms with van der Waals surface area (Å²) >= 11 is 0. The van der Waals surface area contributed by atoms with Crippen molar-refractivity contribution in [2.24, 2.45) is 11.3 Å². The van der Waals surface area contributed by atoms with E-state index in [1.165, 1.54) is 32.1 Å². The zero-order chi connectivity index (χ0) is 8.32. The molecule has 1 aliphatic rings. The lowest BCUT2D eigenvalue weighted by Gasteiger charge is -2.01. The molecule has 0 saturated heterocycles. The van der Waals surface area contributed by atoms with E-state index in [1.54, 1.807) is 0 Å². The van der Waals surface area contributed by atoms with Gasteiger partial charge in [0.15, 0.2) is 0 Å². The molecular formula is C11H21. The number of hydrogen-bond acceptors (Lipinski definition) is 0. The van der Waals surface area contributed by atoms with Crippen LogP contribution in [0.3, 0.4) is 0 Å². The van der Waals surface area contributed by atoms with Crippen LogP contribution in [0.1, 0.15) is 52.9 Å². The summed E-state index contributed by atoms with van der Waals surface area (Å²) in [5.41, 5.74) is 0.589. The zero-order valence-electron chi connectivity index (χ0n) is 8.19. The lowest BCUT2D eigenvalue weighted by molar-refractivity contribution is 0.503. The largest absolute Gasteiger partial charge is 0.0654 e. The van der Waals surface area contributed by atoms with Crippen LogP contribution in [0, 0.1) is 17.8 Å². The summed E-state index contributed by atoms with van der Waals surface area (Å²) in [7, 11) is 0. The van der Waals surface area contributed by atoms with Gasteiger partial charge in [-0.05, 0) is 24.2 Å². The van der Waals surface area contributed by atoms with E-state index in [2.05, 4.69) is 27.2 Å². The second kappa shape index (κ2) is 3.60. The fourth-order valence-electron chi connectivity index (χ4n) is 1.72. The van der Waals surface area contributed by atoms with Crippen molar-refractivity contribution >= 4 is 0 Å². The molecule has 0 spiro atoms. The van der Waals surface area contributed by atoms with Crippen molar-refractivity contribution < 1.29 is 0 Å². The molecular weight excluding hydrogens is 132 g/mol. The first-order valence-electron chi connectivity index (χ1n) is 5.03. The maximum atomic E-state index is 2.49. The molecule has 0 nitrogen and oxygen atoms in total. The Morgan fingerprint density at radius 2 is 1.82 bits per heavy atom. The topological polar surface area (TPSA) is 0 Å². The van der Waals surface area contributed by atoms with Gasteiger partial charge in [0.2, 0.25) is 0 Å². The van der Waals surface area contributed by atoms with Crippen LogP contribution in [-0.2, 0) is 0 Å². The number of unbranched alkanes of at least 4 members (excludes halogenated alkanes) is 3. The summed E-state index contributed by atoms with van der Waals surface area (Å²) in [5, 5.41) is 0. The Morgan fingerprint density at radius 1 is 1.18 bits per heavy atom. The highest BCUT2D eigenvalue weighted by Gasteiger charge is 2.44. The predicted molar refractivity (Wildman–Crippen MR) is 50.3 cm³/mol. The van der Waals surface area contributed by atoms with E-state index >= 15 is 0 Å². The van der Waals surface area contributed by atoms with Gasteiger partial charge in [0, 0.05) is 0 Å². The Bertz CT molecular complexity index is 113. The van der Waals surface area contributed by atoms with E-state index in [1.807, 2.05) is 0 Å². The standard InChI is InChI=1S/C11H21/c1-4-5-6-7-8-10-9-11(10,2)3/h9-10H,4-8H2,1-3H3. The first-order valence-corrected chi connectivity index (χ1v) is 5.03. The van der Waals surface area contributed by atoms with Crippen molar-refractivity contribution in [2.75, 3.05) is 0 Å². The lowest BCUT2D eigenvalue weighted by Crippen LogP contribution is -1.89. The molecule has 1 unspecified atom stereocenters. The van der Waals surface area contributed by atoms with Crippen LogP contribution in [0.15, 0.2) is 0 Å². The highest BCUT2D eigenvalue weighted by Crippen LogP contribution is 2.52. The molecule has 1 saturated carbocycles. The molecule has 0 heterocycles. The third kappa shape index (κ3) is 2.84. The van der Waals surface area contributed by atoms with Crippen LogP contribution >= 0.6 is 0 Å². The van der Waals surface area contributed by atoms with Gasteiger partial charge in [0.1, 0.15) is 0 Å². The van der Waals surface area contributed by atoms with Crippen LogP contribution in [0.5, 0.6) is 0 Å². The predicted octanol–water partition coefficient (Wildman–Crippen LogP) is 3.82. The monoisotopic (exact) mass is 153 g/mol. The van der Waals surface area contributed by atoms with Crippen molar-refractivity contribution in [3.05, 3.63) is 6.42 Å². The van der Waals surface area contributed by atoms with Crippen molar-refractivity contribution in [3.63, 3.8) is 0 Å². The second-order valence-corrected chi connectivity index (χ2v) is 4.44. The molecule has 65 valence electrons. The van der Waals surface area contributed by atoms with E-state index in [-0.39, 0.29) is 0 Å². The molecule has 0 N–H and O–H groups in total. The van der Waals surface area contributed by atoms with Crippen molar-refractivity contribution in [1.29, 1.82) is 0 Å². The summed E-state index contributed by atoms with van der Waals surface area (Å²) in [6.45, 7) is 6.96. The molecule has 0 aromatic rings. The highest BCUT2D eigenvalue weighted by molar-refractivity contribution is 5.12. The molecule has 1 aliphatic carbocycles. The van der Waals surface area contributed by atoms with Crippen LogP contribution in [0.25, 0.3) is 0 Å². The van der Waals surface area contributed by atoms with Crippen LogP contribution < -0.4 is 0 Å². The number of hydrogen-bond donors (Lipinski definition) is 0. The van der Waals surface area contributed by atoms with Gasteiger partial charge >= 0.3 is 0 Å².